The van der Waals surface area contributed by atoms with Crippen molar-refractivity contribution in [3.63, 3.8) is 0 Å². The highest BCUT2D eigenvalue weighted by molar-refractivity contribution is 6.17. The highest BCUT2D eigenvalue weighted by Gasteiger charge is 2.23. The number of hydrogen-bond acceptors (Lipinski definition) is 8. The van der Waals surface area contributed by atoms with Crippen LogP contribution in [0.2, 0.25) is 0 Å². The van der Waals surface area contributed by atoms with Crippen LogP contribution >= 0.6 is 0 Å². The third-order valence-corrected chi connectivity index (χ3v) is 6.16. The first-order valence-corrected chi connectivity index (χ1v) is 11.6. The van der Waals surface area contributed by atoms with Crippen molar-refractivity contribution >= 4 is 23.3 Å². The van der Waals surface area contributed by atoms with Crippen LogP contribution in [0.3, 0.4) is 0 Å². The smallest absolute Gasteiger partial charge is 0.255 e. The zero-order valence-corrected chi connectivity index (χ0v) is 19.9. The molecule has 0 radical (unpaired) electrons. The lowest BCUT2D eigenvalue weighted by Crippen LogP contribution is -2.23. The van der Waals surface area contributed by atoms with Gasteiger partial charge in [-0.05, 0) is 42.7 Å². The van der Waals surface area contributed by atoms with Gasteiger partial charge in [0.15, 0.2) is 0 Å². The van der Waals surface area contributed by atoms with E-state index in [9.17, 15) is 4.79 Å². The Morgan fingerprint density at radius 3 is 2.54 bits per heavy atom. The third-order valence-electron chi connectivity index (χ3n) is 6.16. The highest BCUT2D eigenvalue weighted by atomic mass is 16.5. The standard InChI is InChI=1S/C26H30N6O3/c1-34-20-10-6-5-9-19(20)26(33)29-14-16-11-12-18(21(13-16)35-2)23(27)22-24(28)30-15-31-25(22)32-17-7-3-4-8-17/h5-6,9-13,15,17,27H,3-4,7-8,14H2,1-2H3,(H,29,33)(H3,28,30,31,32). The van der Waals surface area contributed by atoms with Crippen LogP contribution < -0.4 is 25.8 Å². The van der Waals surface area contributed by atoms with Crippen LogP contribution in [0.4, 0.5) is 11.6 Å². The van der Waals surface area contributed by atoms with Crippen molar-refractivity contribution < 1.29 is 14.3 Å². The molecule has 9 heteroatoms. The number of aromatic nitrogens is 2. The molecule has 1 amide bonds. The summed E-state index contributed by atoms with van der Waals surface area (Å²) in [7, 11) is 3.08. The Hall–Kier alpha value is -4.14. The van der Waals surface area contributed by atoms with E-state index < -0.39 is 0 Å². The minimum absolute atomic E-state index is 0.171. The average Bonchev–Trinajstić information content (AvgIpc) is 3.40. The fourth-order valence-electron chi connectivity index (χ4n) is 4.32. The van der Waals surface area contributed by atoms with E-state index in [0.717, 1.165) is 18.4 Å². The van der Waals surface area contributed by atoms with Gasteiger partial charge in [0.05, 0.1) is 31.1 Å². The molecule has 3 aromatic rings. The lowest BCUT2D eigenvalue weighted by atomic mass is 10.00. The van der Waals surface area contributed by atoms with Crippen molar-refractivity contribution in [2.75, 3.05) is 25.3 Å². The number of nitrogen functional groups attached to an aromatic ring is 1. The molecule has 1 aliphatic rings. The number of benzene rings is 2. The maximum Gasteiger partial charge on any atom is 0.255 e. The molecule has 0 atom stereocenters. The quantitative estimate of drug-likeness (QED) is 0.347. The molecule has 4 rings (SSSR count). The zero-order valence-electron chi connectivity index (χ0n) is 19.9. The number of nitrogens with zero attached hydrogens (tertiary/aromatic N) is 2. The van der Waals surface area contributed by atoms with Crippen molar-refractivity contribution in [1.29, 1.82) is 5.41 Å². The molecule has 35 heavy (non-hydrogen) atoms. The largest absolute Gasteiger partial charge is 0.496 e. The van der Waals surface area contributed by atoms with E-state index in [2.05, 4.69) is 20.6 Å². The molecular formula is C26H30N6O3. The molecular weight excluding hydrogens is 444 g/mol. The Morgan fingerprint density at radius 2 is 1.80 bits per heavy atom. The van der Waals surface area contributed by atoms with Gasteiger partial charge < -0.3 is 25.8 Å². The lowest BCUT2D eigenvalue weighted by molar-refractivity contribution is 0.0948. The minimum Gasteiger partial charge on any atom is -0.496 e. The molecule has 1 aliphatic carbocycles. The van der Waals surface area contributed by atoms with Gasteiger partial charge in [0.25, 0.3) is 5.91 Å². The summed E-state index contributed by atoms with van der Waals surface area (Å²) in [5.74, 6) is 1.56. The van der Waals surface area contributed by atoms with Gasteiger partial charge in [-0.1, -0.05) is 31.0 Å². The van der Waals surface area contributed by atoms with Gasteiger partial charge in [-0.3, -0.25) is 10.2 Å². The summed E-state index contributed by atoms with van der Waals surface area (Å²) in [6.07, 6.45) is 5.89. The van der Waals surface area contributed by atoms with E-state index in [1.54, 1.807) is 37.4 Å². The second-order valence-corrected chi connectivity index (χ2v) is 8.40. The number of anilines is 2. The van der Waals surface area contributed by atoms with Crippen LogP contribution in [-0.4, -0.2) is 41.8 Å². The molecule has 0 unspecified atom stereocenters. The van der Waals surface area contributed by atoms with Gasteiger partial charge in [-0.15, -0.1) is 0 Å². The average molecular weight is 475 g/mol. The summed E-state index contributed by atoms with van der Waals surface area (Å²) >= 11 is 0. The van der Waals surface area contributed by atoms with Crippen molar-refractivity contribution in [2.24, 2.45) is 0 Å². The number of rotatable bonds is 9. The van der Waals surface area contributed by atoms with E-state index in [-0.39, 0.29) is 24.0 Å². The number of nitrogens with two attached hydrogens (primary N) is 1. The molecule has 0 bridgehead atoms. The van der Waals surface area contributed by atoms with Crippen molar-refractivity contribution in [2.45, 2.75) is 38.3 Å². The van der Waals surface area contributed by atoms with E-state index in [0.29, 0.717) is 40.0 Å². The number of ether oxygens (including phenoxy) is 2. The van der Waals surface area contributed by atoms with Crippen LogP contribution in [-0.2, 0) is 6.54 Å². The molecule has 1 fully saturated rings. The summed E-state index contributed by atoms with van der Waals surface area (Å²) in [5.41, 5.74) is 8.65. The topological polar surface area (TPSA) is 135 Å². The molecule has 0 saturated heterocycles. The summed E-state index contributed by atoms with van der Waals surface area (Å²) in [6, 6.07) is 12.8. The lowest BCUT2D eigenvalue weighted by Gasteiger charge is -2.18. The Bertz CT molecular complexity index is 1220. The second-order valence-electron chi connectivity index (χ2n) is 8.40. The number of nitrogens with one attached hydrogen (secondary N) is 3. The molecule has 182 valence electrons. The molecule has 1 saturated carbocycles. The maximum atomic E-state index is 12.6. The van der Waals surface area contributed by atoms with Gasteiger partial charge in [0.1, 0.15) is 29.5 Å². The van der Waals surface area contributed by atoms with E-state index in [1.165, 1.54) is 26.3 Å². The first-order valence-electron chi connectivity index (χ1n) is 11.6. The monoisotopic (exact) mass is 474 g/mol. The highest BCUT2D eigenvalue weighted by Crippen LogP contribution is 2.30. The predicted octanol–water partition coefficient (Wildman–Crippen LogP) is 3.78. The normalized spacial score (nSPS) is 13.3. The minimum atomic E-state index is -0.241. The maximum absolute atomic E-state index is 12.6. The Kier molecular flexibility index (Phi) is 7.45. The van der Waals surface area contributed by atoms with Crippen LogP contribution in [0.1, 0.15) is 52.7 Å². The number of carbonyl (C=O) groups excluding carboxylic acids is 1. The van der Waals surface area contributed by atoms with E-state index in [4.69, 9.17) is 20.6 Å². The van der Waals surface area contributed by atoms with Crippen molar-refractivity contribution in [1.82, 2.24) is 15.3 Å². The molecule has 0 aliphatic heterocycles. The molecule has 9 nitrogen and oxygen atoms in total. The summed E-state index contributed by atoms with van der Waals surface area (Å²) < 4.78 is 10.9. The van der Waals surface area contributed by atoms with Gasteiger partial charge in [0.2, 0.25) is 0 Å². The first kappa shape index (κ1) is 24.0. The van der Waals surface area contributed by atoms with Crippen molar-refractivity contribution in [3.05, 3.63) is 71.0 Å². The zero-order chi connectivity index (χ0) is 24.8. The second kappa shape index (κ2) is 10.9. The Balaban J connectivity index is 1.54. The number of carbonyl (C=O) groups is 1. The summed E-state index contributed by atoms with van der Waals surface area (Å²) in [6.45, 7) is 0.284. The van der Waals surface area contributed by atoms with Crippen LogP contribution in [0.25, 0.3) is 0 Å². The fourth-order valence-corrected chi connectivity index (χ4v) is 4.32. The molecule has 1 aromatic heterocycles. The molecule has 0 spiro atoms. The number of methoxy groups -OCH3 is 2. The van der Waals surface area contributed by atoms with Gasteiger partial charge in [0, 0.05) is 18.2 Å². The number of amides is 1. The molecule has 2 aromatic carbocycles. The van der Waals surface area contributed by atoms with Crippen molar-refractivity contribution in [3.8, 4) is 11.5 Å². The molecule has 5 N–H and O–H groups in total. The molecule has 1 heterocycles. The first-order chi connectivity index (χ1) is 17.0. The fraction of sp³-hybridized carbons (Fsp3) is 0.308. The van der Waals surface area contributed by atoms with E-state index >= 15 is 0 Å². The van der Waals surface area contributed by atoms with Crippen LogP contribution in [0.5, 0.6) is 11.5 Å². The SMILES string of the molecule is COc1cc(CNC(=O)c2ccccc2OC)ccc1C(=N)c1c(N)ncnc1NC1CCCC1. The van der Waals surface area contributed by atoms with Gasteiger partial charge >= 0.3 is 0 Å². The third kappa shape index (κ3) is 5.34. The van der Waals surface area contributed by atoms with E-state index in [1.807, 2.05) is 12.1 Å². The Morgan fingerprint density at radius 1 is 1.06 bits per heavy atom. The predicted molar refractivity (Wildman–Crippen MR) is 135 cm³/mol. The summed E-state index contributed by atoms with van der Waals surface area (Å²) in [5, 5.41) is 15.2. The van der Waals surface area contributed by atoms with Gasteiger partial charge in [-0.2, -0.15) is 0 Å². The number of para-hydroxylation sites is 1. The van der Waals surface area contributed by atoms with Crippen LogP contribution in [0, 0.1) is 5.41 Å². The van der Waals surface area contributed by atoms with Gasteiger partial charge in [-0.25, -0.2) is 9.97 Å². The number of hydrogen-bond donors (Lipinski definition) is 4. The summed E-state index contributed by atoms with van der Waals surface area (Å²) in [4.78, 5) is 21.1. The van der Waals surface area contributed by atoms with Crippen LogP contribution in [0.15, 0.2) is 48.8 Å². The Labute approximate surface area is 204 Å².